The van der Waals surface area contributed by atoms with Gasteiger partial charge in [0.2, 0.25) is 0 Å². The van der Waals surface area contributed by atoms with Crippen molar-refractivity contribution in [1.29, 1.82) is 0 Å². The van der Waals surface area contributed by atoms with Gasteiger partial charge < -0.3 is 24.8 Å². The summed E-state index contributed by atoms with van der Waals surface area (Å²) in [5.74, 6) is 3.24. The zero-order valence-electron chi connectivity index (χ0n) is 21.5. The maximum absolute atomic E-state index is 5.89. The van der Waals surface area contributed by atoms with Crippen molar-refractivity contribution in [1.82, 2.24) is 0 Å². The van der Waals surface area contributed by atoms with E-state index in [2.05, 4.69) is 86.9 Å². The fourth-order valence-corrected chi connectivity index (χ4v) is 3.83. The highest BCUT2D eigenvalue weighted by Crippen LogP contribution is 2.50. The molecule has 0 aromatic heterocycles. The number of hydrogen-bond donors (Lipinski definition) is 2. The minimum absolute atomic E-state index is 0.580. The van der Waals surface area contributed by atoms with Crippen molar-refractivity contribution in [2.75, 3.05) is 45.1 Å². The Morgan fingerprint density at radius 2 is 1.09 bits per heavy atom. The van der Waals surface area contributed by atoms with Gasteiger partial charge >= 0.3 is 0 Å². The van der Waals surface area contributed by atoms with Crippen molar-refractivity contribution in [3.05, 3.63) is 54.6 Å². The average molecular weight is 463 g/mol. The highest BCUT2D eigenvalue weighted by molar-refractivity contribution is 5.88. The van der Waals surface area contributed by atoms with Crippen LogP contribution in [0.5, 0.6) is 17.2 Å². The molecule has 3 rings (SSSR count). The third-order valence-electron chi connectivity index (χ3n) is 5.63. The lowest BCUT2D eigenvalue weighted by Crippen LogP contribution is -2.07. The van der Waals surface area contributed by atoms with E-state index in [1.165, 1.54) is 0 Å². The van der Waals surface area contributed by atoms with Crippen LogP contribution < -0.4 is 24.8 Å². The summed E-state index contributed by atoms with van der Waals surface area (Å²) in [5, 5.41) is 6.92. The lowest BCUT2D eigenvalue weighted by atomic mass is 9.96. The van der Waals surface area contributed by atoms with Crippen molar-refractivity contribution < 1.29 is 14.2 Å². The Hall–Kier alpha value is -3.34. The molecule has 0 unspecified atom stereocenters. The van der Waals surface area contributed by atoms with E-state index in [-0.39, 0.29) is 0 Å². The van der Waals surface area contributed by atoms with Crippen molar-refractivity contribution in [3.63, 3.8) is 0 Å². The topological polar surface area (TPSA) is 51.8 Å². The number of methoxy groups -OCH3 is 3. The van der Waals surface area contributed by atoms with E-state index in [0.29, 0.717) is 23.3 Å². The Bertz CT molecular complexity index is 1060. The molecule has 5 heteroatoms. The molecule has 0 fully saturated rings. The van der Waals surface area contributed by atoms with Crippen molar-refractivity contribution in [3.8, 4) is 39.5 Å². The summed E-state index contributed by atoms with van der Waals surface area (Å²) in [4.78, 5) is 0. The van der Waals surface area contributed by atoms with Crippen LogP contribution >= 0.6 is 0 Å². The van der Waals surface area contributed by atoms with Crippen LogP contribution in [-0.4, -0.2) is 34.4 Å². The van der Waals surface area contributed by atoms with Crippen LogP contribution in [0.25, 0.3) is 22.3 Å². The zero-order chi connectivity index (χ0) is 24.7. The van der Waals surface area contributed by atoms with Gasteiger partial charge in [0.15, 0.2) is 11.5 Å². The molecule has 0 bridgehead atoms. The predicted molar refractivity (Wildman–Crippen MR) is 144 cm³/mol. The molecule has 5 nitrogen and oxygen atoms in total. The number of rotatable bonds is 11. The van der Waals surface area contributed by atoms with Gasteiger partial charge in [0.25, 0.3) is 0 Å². The fourth-order valence-electron chi connectivity index (χ4n) is 3.83. The summed E-state index contributed by atoms with van der Waals surface area (Å²) in [6.07, 6.45) is 0. The van der Waals surface area contributed by atoms with E-state index in [9.17, 15) is 0 Å². The highest BCUT2D eigenvalue weighted by atomic mass is 16.5. The molecule has 0 aliphatic rings. The van der Waals surface area contributed by atoms with E-state index < -0.39 is 0 Å². The van der Waals surface area contributed by atoms with Crippen LogP contribution in [0, 0.1) is 11.8 Å². The van der Waals surface area contributed by atoms with Gasteiger partial charge in [-0.3, -0.25) is 0 Å². The molecule has 0 heterocycles. The van der Waals surface area contributed by atoms with Crippen molar-refractivity contribution in [2.24, 2.45) is 11.8 Å². The molecule has 0 saturated carbocycles. The van der Waals surface area contributed by atoms with Crippen LogP contribution in [0.15, 0.2) is 54.6 Å². The Labute approximate surface area is 204 Å². The minimum atomic E-state index is 0.580. The molecule has 0 amide bonds. The third kappa shape index (κ3) is 5.96. The maximum atomic E-state index is 5.89. The number of nitrogens with one attached hydrogen (secondary N) is 2. The minimum Gasteiger partial charge on any atom is -0.496 e. The smallest absolute Gasteiger partial charge is 0.172 e. The molecule has 2 N–H and O–H groups in total. The summed E-state index contributed by atoms with van der Waals surface area (Å²) in [5.41, 5.74) is 6.01. The average Bonchev–Trinajstić information content (AvgIpc) is 2.85. The van der Waals surface area contributed by atoms with E-state index in [0.717, 1.165) is 52.5 Å². The summed E-state index contributed by atoms with van der Waals surface area (Å²) in [6, 6.07) is 18.7. The van der Waals surface area contributed by atoms with Crippen molar-refractivity contribution in [2.45, 2.75) is 27.7 Å². The fraction of sp³-hybridized carbons (Fsp3) is 0.379. The maximum Gasteiger partial charge on any atom is 0.172 e. The normalized spacial score (nSPS) is 11.0. The Balaban J connectivity index is 2.02. The molecule has 0 aliphatic carbocycles. The summed E-state index contributed by atoms with van der Waals surface area (Å²) in [7, 11) is 5.03. The molecule has 182 valence electrons. The first kappa shape index (κ1) is 25.3. The van der Waals surface area contributed by atoms with Crippen LogP contribution in [-0.2, 0) is 0 Å². The van der Waals surface area contributed by atoms with Crippen molar-refractivity contribution >= 4 is 11.4 Å². The van der Waals surface area contributed by atoms with E-state index in [1.54, 1.807) is 21.3 Å². The number of ether oxygens (including phenoxy) is 3. The van der Waals surface area contributed by atoms with Crippen LogP contribution in [0.4, 0.5) is 11.4 Å². The van der Waals surface area contributed by atoms with Gasteiger partial charge in [0, 0.05) is 30.0 Å². The number of benzene rings is 3. The Kier molecular flexibility index (Phi) is 8.69. The van der Waals surface area contributed by atoms with E-state index in [4.69, 9.17) is 14.2 Å². The molecule has 0 radical (unpaired) electrons. The van der Waals surface area contributed by atoms with Gasteiger partial charge in [0.05, 0.1) is 26.9 Å². The monoisotopic (exact) mass is 462 g/mol. The zero-order valence-corrected chi connectivity index (χ0v) is 21.5. The highest BCUT2D eigenvalue weighted by Gasteiger charge is 2.23. The van der Waals surface area contributed by atoms with Gasteiger partial charge in [-0.1, -0.05) is 52.0 Å². The SMILES string of the molecule is COc1cc(-c2ccc(NCC(C)C)cc2)c(OC)c(OC)c1-c1ccc(NCC(C)C)cc1. The van der Waals surface area contributed by atoms with Gasteiger partial charge in [0.1, 0.15) is 5.75 Å². The molecule has 34 heavy (non-hydrogen) atoms. The Morgan fingerprint density at radius 3 is 1.50 bits per heavy atom. The standard InChI is InChI=1S/C29H38N2O3/c1-19(2)17-30-23-12-8-21(9-13-23)25-16-26(32-5)27(29(34-7)28(25)33-6)22-10-14-24(15-11-22)31-18-20(3)4/h8-16,19-20,30-31H,17-18H2,1-7H3. The number of hydrogen-bond acceptors (Lipinski definition) is 5. The van der Waals surface area contributed by atoms with Gasteiger partial charge in [-0.2, -0.15) is 0 Å². The van der Waals surface area contributed by atoms with Gasteiger partial charge in [-0.25, -0.2) is 0 Å². The van der Waals surface area contributed by atoms with Gasteiger partial charge in [-0.05, 0) is 53.3 Å². The molecular weight excluding hydrogens is 424 g/mol. The van der Waals surface area contributed by atoms with E-state index in [1.807, 2.05) is 6.07 Å². The first-order valence-corrected chi connectivity index (χ1v) is 11.9. The summed E-state index contributed by atoms with van der Waals surface area (Å²) < 4.78 is 17.6. The molecule has 0 aliphatic heterocycles. The predicted octanol–water partition coefficient (Wildman–Crippen LogP) is 7.18. The molecule has 0 saturated heterocycles. The molecule has 3 aromatic carbocycles. The van der Waals surface area contributed by atoms with Gasteiger partial charge in [-0.15, -0.1) is 0 Å². The second-order valence-electron chi connectivity index (χ2n) is 9.27. The summed E-state index contributed by atoms with van der Waals surface area (Å²) in [6.45, 7) is 10.6. The van der Waals surface area contributed by atoms with E-state index >= 15 is 0 Å². The largest absolute Gasteiger partial charge is 0.496 e. The second kappa shape index (κ2) is 11.7. The lowest BCUT2D eigenvalue weighted by Gasteiger charge is -2.20. The third-order valence-corrected chi connectivity index (χ3v) is 5.63. The van der Waals surface area contributed by atoms with Crippen LogP contribution in [0.2, 0.25) is 0 Å². The first-order chi connectivity index (χ1) is 16.4. The van der Waals surface area contributed by atoms with Crippen LogP contribution in [0.1, 0.15) is 27.7 Å². The number of anilines is 2. The molecule has 3 aromatic rings. The molecular formula is C29H38N2O3. The Morgan fingerprint density at radius 1 is 0.618 bits per heavy atom. The first-order valence-electron chi connectivity index (χ1n) is 11.9. The lowest BCUT2D eigenvalue weighted by molar-refractivity contribution is 0.352. The summed E-state index contributed by atoms with van der Waals surface area (Å²) >= 11 is 0. The molecule has 0 atom stereocenters. The molecule has 0 spiro atoms. The van der Waals surface area contributed by atoms with Crippen LogP contribution in [0.3, 0.4) is 0 Å². The quantitative estimate of drug-likeness (QED) is 0.316. The second-order valence-corrected chi connectivity index (χ2v) is 9.27.